The average Bonchev–Trinajstić information content (AvgIpc) is 2.51. The fourth-order valence-corrected chi connectivity index (χ4v) is 2.67. The van der Waals surface area contributed by atoms with Crippen LogP contribution in [0.5, 0.6) is 0 Å². The molecule has 1 heterocycles. The van der Waals surface area contributed by atoms with Gasteiger partial charge in [0.1, 0.15) is 6.17 Å². The van der Waals surface area contributed by atoms with E-state index in [9.17, 15) is 14.3 Å². The number of carbonyl (C=O) groups excluding carboxylic acids is 1. The summed E-state index contributed by atoms with van der Waals surface area (Å²) in [5.41, 5.74) is 0.223. The first-order valence-corrected chi connectivity index (χ1v) is 8.88. The highest BCUT2D eigenvalue weighted by Gasteiger charge is 2.27. The Balaban J connectivity index is 2.37. The molecule has 0 fully saturated rings. The van der Waals surface area contributed by atoms with Crippen molar-refractivity contribution in [2.45, 2.75) is 45.5 Å². The van der Waals surface area contributed by atoms with E-state index < -0.39 is 17.7 Å². The van der Waals surface area contributed by atoms with E-state index in [4.69, 9.17) is 0 Å². The van der Waals surface area contributed by atoms with E-state index in [0.717, 1.165) is 15.4 Å². The molecule has 25 heavy (non-hydrogen) atoms. The molecule has 0 aliphatic rings. The van der Waals surface area contributed by atoms with Gasteiger partial charge in [0.25, 0.3) is 5.91 Å². The molecule has 3 N–H and O–H groups in total. The van der Waals surface area contributed by atoms with Gasteiger partial charge in [-0.05, 0) is 45.9 Å². The normalized spacial score (nSPS) is 13.1. The van der Waals surface area contributed by atoms with Crippen LogP contribution in [-0.2, 0) is 0 Å². The van der Waals surface area contributed by atoms with Crippen molar-refractivity contribution in [3.05, 3.63) is 34.4 Å². The number of rotatable bonds is 6. The number of hydrogen-bond acceptors (Lipinski definition) is 4. The van der Waals surface area contributed by atoms with Crippen LogP contribution in [0, 0.1) is 0 Å². The van der Waals surface area contributed by atoms with Gasteiger partial charge < -0.3 is 15.7 Å². The van der Waals surface area contributed by atoms with Gasteiger partial charge in [-0.1, -0.05) is 15.9 Å². The van der Waals surface area contributed by atoms with Crippen molar-refractivity contribution in [2.75, 3.05) is 11.9 Å². The predicted octanol–water partition coefficient (Wildman–Crippen LogP) is 3.66. The lowest BCUT2D eigenvalue weighted by Crippen LogP contribution is -2.42. The van der Waals surface area contributed by atoms with Crippen LogP contribution in [0.2, 0.25) is 0 Å². The number of benzene rings is 1. The van der Waals surface area contributed by atoms with Crippen LogP contribution in [0.3, 0.4) is 0 Å². The van der Waals surface area contributed by atoms with E-state index in [1.807, 2.05) is 32.0 Å². The number of halogens is 2. The number of alkyl halides is 1. The third kappa shape index (κ3) is 4.89. The number of amides is 1. The number of carbonyl (C=O) groups is 1. The lowest BCUT2D eigenvalue weighted by molar-refractivity contribution is -0.00177. The van der Waals surface area contributed by atoms with E-state index in [1.165, 1.54) is 20.0 Å². The van der Waals surface area contributed by atoms with E-state index in [1.54, 1.807) is 0 Å². The fraction of sp³-hybridized carbons (Fsp3) is 0.444. The van der Waals surface area contributed by atoms with Gasteiger partial charge in [-0.2, -0.15) is 0 Å². The van der Waals surface area contributed by atoms with Crippen LogP contribution in [0.4, 0.5) is 10.1 Å². The number of pyridine rings is 1. The van der Waals surface area contributed by atoms with E-state index >= 15 is 0 Å². The van der Waals surface area contributed by atoms with Crippen molar-refractivity contribution in [3.8, 4) is 0 Å². The van der Waals surface area contributed by atoms with Gasteiger partial charge in [0.2, 0.25) is 0 Å². The topological polar surface area (TPSA) is 74.2 Å². The molecule has 0 saturated carbocycles. The Labute approximate surface area is 155 Å². The van der Waals surface area contributed by atoms with E-state index in [0.29, 0.717) is 11.3 Å². The minimum Gasteiger partial charge on any atom is -0.387 e. The summed E-state index contributed by atoms with van der Waals surface area (Å²) in [5, 5.41) is 16.3. The van der Waals surface area contributed by atoms with Gasteiger partial charge in [0, 0.05) is 22.1 Å². The Hall–Kier alpha value is -1.73. The number of anilines is 1. The second-order valence-corrected chi connectivity index (χ2v) is 7.75. The van der Waals surface area contributed by atoms with Crippen molar-refractivity contribution in [1.29, 1.82) is 0 Å². The Bertz CT molecular complexity index is 775. The van der Waals surface area contributed by atoms with Crippen molar-refractivity contribution in [3.63, 3.8) is 0 Å². The monoisotopic (exact) mass is 411 g/mol. The van der Waals surface area contributed by atoms with Crippen molar-refractivity contribution in [1.82, 2.24) is 10.3 Å². The summed E-state index contributed by atoms with van der Waals surface area (Å²) in [4.78, 5) is 16.9. The van der Waals surface area contributed by atoms with Gasteiger partial charge in [-0.25, -0.2) is 4.39 Å². The summed E-state index contributed by atoms with van der Waals surface area (Å²) in [5.74, 6) is -0.440. The summed E-state index contributed by atoms with van der Waals surface area (Å²) >= 11 is 3.43. The number of nitrogens with zero attached hydrogens (tertiary/aromatic N) is 1. The van der Waals surface area contributed by atoms with Gasteiger partial charge in [0.05, 0.1) is 28.9 Å². The molecule has 1 atom stereocenters. The highest BCUT2D eigenvalue weighted by Crippen LogP contribution is 2.29. The van der Waals surface area contributed by atoms with Crippen LogP contribution in [0.15, 0.2) is 28.9 Å². The molecule has 0 aliphatic carbocycles. The van der Waals surface area contributed by atoms with Crippen LogP contribution in [0.1, 0.15) is 38.1 Å². The molecular formula is C18H23BrFN3O2. The first kappa shape index (κ1) is 19.6. The van der Waals surface area contributed by atoms with Crippen molar-refractivity contribution < 1.29 is 14.3 Å². The van der Waals surface area contributed by atoms with Gasteiger partial charge in [-0.15, -0.1) is 0 Å². The Morgan fingerprint density at radius 1 is 1.40 bits per heavy atom. The maximum absolute atomic E-state index is 13.9. The number of hydrogen-bond donors (Lipinski definition) is 3. The zero-order valence-electron chi connectivity index (χ0n) is 14.7. The number of nitrogens with one attached hydrogen (secondary N) is 2. The minimum atomic E-state index is -1.57. The quantitative estimate of drug-likeness (QED) is 0.677. The highest BCUT2D eigenvalue weighted by molar-refractivity contribution is 9.10. The van der Waals surface area contributed by atoms with E-state index in [-0.39, 0.29) is 12.6 Å². The Morgan fingerprint density at radius 3 is 2.68 bits per heavy atom. The van der Waals surface area contributed by atoms with Crippen LogP contribution in [0.25, 0.3) is 10.9 Å². The standard InChI is InChI=1S/C18H23BrFN3O2/c1-10(2)23-16-12-7-11(19)5-6-14(12)21-8-13(16)17(24)22-9-15(20)18(3,4)25/h5-8,10,15,25H,9H2,1-4H3,(H,21,23)(H,22,24). The fourth-order valence-electron chi connectivity index (χ4n) is 2.31. The smallest absolute Gasteiger partial charge is 0.255 e. The zero-order valence-corrected chi connectivity index (χ0v) is 16.3. The molecule has 7 heteroatoms. The molecule has 0 spiro atoms. The first-order valence-electron chi connectivity index (χ1n) is 8.09. The maximum atomic E-state index is 13.9. The summed E-state index contributed by atoms with van der Waals surface area (Å²) in [7, 11) is 0. The van der Waals surface area contributed by atoms with Crippen molar-refractivity contribution in [2.24, 2.45) is 0 Å². The largest absolute Gasteiger partial charge is 0.387 e. The number of fused-ring (bicyclic) bond motifs is 1. The summed E-state index contributed by atoms with van der Waals surface area (Å²) < 4.78 is 14.8. The molecule has 1 aromatic heterocycles. The highest BCUT2D eigenvalue weighted by atomic mass is 79.9. The molecular weight excluding hydrogens is 389 g/mol. The lowest BCUT2D eigenvalue weighted by Gasteiger charge is -2.23. The summed E-state index contributed by atoms with van der Waals surface area (Å²) in [6.45, 7) is 6.39. The molecule has 0 aliphatic heterocycles. The van der Waals surface area contributed by atoms with Crippen LogP contribution in [-0.4, -0.2) is 40.4 Å². The molecule has 0 radical (unpaired) electrons. The SMILES string of the molecule is CC(C)Nc1c(C(=O)NCC(F)C(C)(C)O)cnc2ccc(Br)cc12. The van der Waals surface area contributed by atoms with E-state index in [2.05, 4.69) is 31.5 Å². The molecule has 1 unspecified atom stereocenters. The molecule has 136 valence electrons. The number of aromatic nitrogens is 1. The lowest BCUT2D eigenvalue weighted by atomic mass is 10.0. The molecule has 0 bridgehead atoms. The maximum Gasteiger partial charge on any atom is 0.255 e. The molecule has 0 saturated heterocycles. The third-order valence-corrected chi connectivity index (χ3v) is 4.21. The Kier molecular flexibility index (Phi) is 6.00. The second-order valence-electron chi connectivity index (χ2n) is 6.84. The van der Waals surface area contributed by atoms with Crippen LogP contribution >= 0.6 is 15.9 Å². The molecule has 1 aromatic carbocycles. The zero-order chi connectivity index (χ0) is 18.8. The molecule has 2 aromatic rings. The second kappa shape index (κ2) is 7.66. The van der Waals surface area contributed by atoms with Gasteiger partial charge >= 0.3 is 0 Å². The van der Waals surface area contributed by atoms with Gasteiger partial charge in [0.15, 0.2) is 0 Å². The van der Waals surface area contributed by atoms with Crippen molar-refractivity contribution >= 4 is 38.4 Å². The average molecular weight is 412 g/mol. The summed E-state index contributed by atoms with van der Waals surface area (Å²) in [6.07, 6.45) is -0.0892. The van der Waals surface area contributed by atoms with Gasteiger partial charge in [-0.3, -0.25) is 9.78 Å². The Morgan fingerprint density at radius 2 is 2.08 bits per heavy atom. The van der Waals surface area contributed by atoms with Crippen LogP contribution < -0.4 is 10.6 Å². The molecule has 2 rings (SSSR count). The third-order valence-electron chi connectivity index (χ3n) is 3.72. The molecule has 1 amide bonds. The first-order chi connectivity index (χ1) is 11.6. The summed E-state index contributed by atoms with van der Waals surface area (Å²) in [6, 6.07) is 5.73. The molecule has 5 nitrogen and oxygen atoms in total. The minimum absolute atomic E-state index is 0.0985. The number of aliphatic hydroxyl groups is 1. The predicted molar refractivity (Wildman–Crippen MR) is 102 cm³/mol.